The molecule has 0 saturated carbocycles. The molecule has 3 rings (SSSR count). The monoisotopic (exact) mass is 503 g/mol. The smallest absolute Gasteiger partial charge is 0.345 e. The number of rotatable bonds is 7. The van der Waals surface area contributed by atoms with Crippen molar-refractivity contribution in [2.75, 3.05) is 13.6 Å². The Morgan fingerprint density at radius 2 is 2.18 bits per heavy atom. The highest BCUT2D eigenvalue weighted by atomic mass is 127. The van der Waals surface area contributed by atoms with Gasteiger partial charge in [0.15, 0.2) is 11.7 Å². The van der Waals surface area contributed by atoms with E-state index < -0.39 is 0 Å². The molecule has 28 heavy (non-hydrogen) atoms. The van der Waals surface area contributed by atoms with Crippen LogP contribution in [-0.4, -0.2) is 39.1 Å². The predicted molar refractivity (Wildman–Crippen MR) is 118 cm³/mol. The predicted octanol–water partition coefficient (Wildman–Crippen LogP) is 1.87. The van der Waals surface area contributed by atoms with Crippen molar-refractivity contribution in [2.45, 2.75) is 65.1 Å². The number of aryl methyl sites for hydroxylation is 2. The van der Waals surface area contributed by atoms with E-state index in [-0.39, 0.29) is 29.7 Å². The summed E-state index contributed by atoms with van der Waals surface area (Å²) in [6.45, 7) is 6.77. The van der Waals surface area contributed by atoms with E-state index in [4.69, 9.17) is 4.52 Å². The van der Waals surface area contributed by atoms with Crippen LogP contribution < -0.4 is 16.3 Å². The van der Waals surface area contributed by atoms with E-state index in [1.54, 1.807) is 16.3 Å². The van der Waals surface area contributed by atoms with Crippen LogP contribution in [-0.2, 0) is 26.1 Å². The van der Waals surface area contributed by atoms with Crippen LogP contribution >= 0.6 is 24.0 Å². The topological polar surface area (TPSA) is 102 Å². The SMILES string of the molecule is CN=C(NCCCn1nc2n(c1=O)CCCC2)NCc1cc(C(C)C)no1.I. The zero-order valence-corrected chi connectivity index (χ0v) is 19.1. The van der Waals surface area contributed by atoms with Gasteiger partial charge < -0.3 is 15.2 Å². The molecular formula is C18H30IN7O2. The lowest BCUT2D eigenvalue weighted by molar-refractivity contribution is 0.372. The van der Waals surface area contributed by atoms with Crippen molar-refractivity contribution >= 4 is 29.9 Å². The summed E-state index contributed by atoms with van der Waals surface area (Å²) in [6.07, 6.45) is 3.87. The highest BCUT2D eigenvalue weighted by molar-refractivity contribution is 14.0. The minimum atomic E-state index is 0. The van der Waals surface area contributed by atoms with Crippen LogP contribution in [0, 0.1) is 0 Å². The van der Waals surface area contributed by atoms with E-state index in [0.717, 1.165) is 49.5 Å². The van der Waals surface area contributed by atoms with Crippen molar-refractivity contribution in [3.8, 4) is 0 Å². The Bertz CT molecular complexity index is 837. The zero-order chi connectivity index (χ0) is 19.2. The van der Waals surface area contributed by atoms with E-state index in [2.05, 4.69) is 39.7 Å². The molecule has 0 atom stereocenters. The normalized spacial score (nSPS) is 13.9. The summed E-state index contributed by atoms with van der Waals surface area (Å²) in [4.78, 5) is 16.5. The van der Waals surface area contributed by atoms with Gasteiger partial charge in [0.05, 0.1) is 12.2 Å². The Kier molecular flexibility index (Phi) is 8.52. The second kappa shape index (κ2) is 10.6. The number of guanidine groups is 1. The van der Waals surface area contributed by atoms with E-state index in [0.29, 0.717) is 31.5 Å². The van der Waals surface area contributed by atoms with Crippen LogP contribution in [0.1, 0.15) is 56.3 Å². The fourth-order valence-corrected chi connectivity index (χ4v) is 3.11. The maximum Gasteiger partial charge on any atom is 0.345 e. The van der Waals surface area contributed by atoms with E-state index in [1.165, 1.54) is 0 Å². The molecule has 0 amide bonds. The molecule has 0 aromatic carbocycles. The standard InChI is InChI=1S/C18H29N7O2.HI/c1-13(2)15-11-14(27-23-15)12-21-17(19-3)20-8-6-10-25-18(26)24-9-5-4-7-16(24)22-25;/h11,13H,4-10,12H2,1-3H3,(H2,19,20,21);1H. The molecule has 0 aliphatic carbocycles. The summed E-state index contributed by atoms with van der Waals surface area (Å²) >= 11 is 0. The molecule has 1 aliphatic heterocycles. The highest BCUT2D eigenvalue weighted by Gasteiger charge is 2.16. The number of nitrogens with zero attached hydrogens (tertiary/aromatic N) is 5. The highest BCUT2D eigenvalue weighted by Crippen LogP contribution is 2.13. The summed E-state index contributed by atoms with van der Waals surface area (Å²) in [5.41, 5.74) is 0.960. The van der Waals surface area contributed by atoms with Gasteiger partial charge in [-0.3, -0.25) is 9.56 Å². The molecule has 0 saturated heterocycles. The van der Waals surface area contributed by atoms with Crippen molar-refractivity contribution in [3.05, 3.63) is 33.8 Å². The Morgan fingerprint density at radius 3 is 2.86 bits per heavy atom. The molecular weight excluding hydrogens is 473 g/mol. The third kappa shape index (κ3) is 5.58. The fourth-order valence-electron chi connectivity index (χ4n) is 3.11. The van der Waals surface area contributed by atoms with Gasteiger partial charge >= 0.3 is 5.69 Å². The van der Waals surface area contributed by atoms with Crippen molar-refractivity contribution in [1.29, 1.82) is 0 Å². The molecule has 10 heteroatoms. The number of fused-ring (bicyclic) bond motifs is 1. The van der Waals surface area contributed by atoms with Crippen LogP contribution in [0.5, 0.6) is 0 Å². The van der Waals surface area contributed by atoms with Crippen LogP contribution in [0.4, 0.5) is 0 Å². The van der Waals surface area contributed by atoms with Gasteiger partial charge in [0.25, 0.3) is 0 Å². The number of hydrogen-bond acceptors (Lipinski definition) is 5. The molecule has 9 nitrogen and oxygen atoms in total. The van der Waals surface area contributed by atoms with E-state index in [9.17, 15) is 4.79 Å². The van der Waals surface area contributed by atoms with Crippen molar-refractivity contribution in [2.24, 2.45) is 4.99 Å². The second-order valence-corrected chi connectivity index (χ2v) is 7.11. The molecule has 0 bridgehead atoms. The minimum Gasteiger partial charge on any atom is -0.359 e. The maximum atomic E-state index is 12.3. The first-order valence-corrected chi connectivity index (χ1v) is 9.65. The van der Waals surface area contributed by atoms with Crippen LogP contribution in [0.25, 0.3) is 0 Å². The lowest BCUT2D eigenvalue weighted by Crippen LogP contribution is -2.37. The van der Waals surface area contributed by atoms with Crippen LogP contribution in [0.15, 0.2) is 20.4 Å². The summed E-state index contributed by atoms with van der Waals surface area (Å²) < 4.78 is 8.70. The Morgan fingerprint density at radius 1 is 1.36 bits per heavy atom. The lowest BCUT2D eigenvalue weighted by Gasteiger charge is -2.10. The van der Waals surface area contributed by atoms with E-state index >= 15 is 0 Å². The molecule has 0 unspecified atom stereocenters. The molecule has 2 N–H and O–H groups in total. The molecule has 0 fully saturated rings. The maximum absolute atomic E-state index is 12.3. The van der Waals surface area contributed by atoms with Gasteiger partial charge in [-0.1, -0.05) is 19.0 Å². The fraction of sp³-hybridized carbons (Fsp3) is 0.667. The Labute approximate surface area is 182 Å². The first-order chi connectivity index (χ1) is 13.1. The number of halogens is 1. The van der Waals surface area contributed by atoms with Crippen molar-refractivity contribution in [3.63, 3.8) is 0 Å². The lowest BCUT2D eigenvalue weighted by atomic mass is 10.1. The summed E-state index contributed by atoms with van der Waals surface area (Å²) in [5, 5.41) is 15.0. The first kappa shape index (κ1) is 22.4. The average Bonchev–Trinajstić information content (AvgIpc) is 3.27. The Balaban J connectivity index is 0.00000280. The number of aromatic nitrogens is 4. The average molecular weight is 503 g/mol. The van der Waals surface area contributed by atoms with Crippen molar-refractivity contribution in [1.82, 2.24) is 30.1 Å². The number of aliphatic imine (C=N–C) groups is 1. The molecule has 0 spiro atoms. The molecule has 2 aromatic heterocycles. The van der Waals surface area contributed by atoms with Gasteiger partial charge in [-0.05, 0) is 25.2 Å². The molecule has 2 aromatic rings. The minimum absolute atomic E-state index is 0. The summed E-state index contributed by atoms with van der Waals surface area (Å²) in [7, 11) is 1.73. The first-order valence-electron chi connectivity index (χ1n) is 9.65. The van der Waals surface area contributed by atoms with Crippen LogP contribution in [0.2, 0.25) is 0 Å². The van der Waals surface area contributed by atoms with Crippen molar-refractivity contribution < 1.29 is 4.52 Å². The molecule has 0 radical (unpaired) electrons. The number of nitrogens with one attached hydrogen (secondary N) is 2. The van der Waals surface area contributed by atoms with Gasteiger partial charge in [-0.15, -0.1) is 24.0 Å². The molecule has 156 valence electrons. The molecule has 3 heterocycles. The Hall–Kier alpha value is -1.85. The van der Waals surface area contributed by atoms with Gasteiger partial charge in [-0.25, -0.2) is 9.48 Å². The third-order valence-corrected chi connectivity index (χ3v) is 4.69. The third-order valence-electron chi connectivity index (χ3n) is 4.69. The summed E-state index contributed by atoms with van der Waals surface area (Å²) in [5.74, 6) is 2.73. The van der Waals surface area contributed by atoms with Gasteiger partial charge in [0, 0.05) is 39.2 Å². The van der Waals surface area contributed by atoms with Gasteiger partial charge in [-0.2, -0.15) is 5.10 Å². The van der Waals surface area contributed by atoms with Gasteiger partial charge in [0.1, 0.15) is 5.82 Å². The second-order valence-electron chi connectivity index (χ2n) is 7.11. The van der Waals surface area contributed by atoms with Crippen LogP contribution in [0.3, 0.4) is 0 Å². The number of hydrogen-bond donors (Lipinski definition) is 2. The quantitative estimate of drug-likeness (QED) is 0.259. The van der Waals surface area contributed by atoms with Gasteiger partial charge in [0.2, 0.25) is 0 Å². The summed E-state index contributed by atoms with van der Waals surface area (Å²) in [6, 6.07) is 1.96. The zero-order valence-electron chi connectivity index (χ0n) is 16.8. The molecule has 1 aliphatic rings. The van der Waals surface area contributed by atoms with E-state index in [1.807, 2.05) is 6.07 Å². The largest absolute Gasteiger partial charge is 0.359 e.